The first kappa shape index (κ1) is 13.6. The molecule has 3 rings (SSSR count). The van der Waals surface area contributed by atoms with E-state index >= 15 is 0 Å². The average molecular weight is 271 g/mol. The van der Waals surface area contributed by atoms with Crippen LogP contribution in [0.1, 0.15) is 45.4 Å². The Morgan fingerprint density at radius 3 is 2.65 bits per heavy atom. The van der Waals surface area contributed by atoms with Crippen molar-refractivity contribution in [2.75, 3.05) is 13.1 Å². The van der Waals surface area contributed by atoms with Crippen molar-refractivity contribution in [2.24, 2.45) is 0 Å². The second-order valence-corrected chi connectivity index (χ2v) is 5.96. The maximum Gasteiger partial charge on any atom is 0.116 e. The Labute approximate surface area is 121 Å². The van der Waals surface area contributed by atoms with E-state index in [-0.39, 0.29) is 5.41 Å². The van der Waals surface area contributed by atoms with Crippen LogP contribution < -0.4 is 5.32 Å². The molecular weight excluding hydrogens is 246 g/mol. The summed E-state index contributed by atoms with van der Waals surface area (Å²) in [7, 11) is 0. The number of aromatic nitrogens is 2. The highest BCUT2D eigenvalue weighted by atomic mass is 15.1. The van der Waals surface area contributed by atoms with Crippen molar-refractivity contribution < 1.29 is 0 Å². The van der Waals surface area contributed by atoms with Crippen molar-refractivity contribution in [1.82, 2.24) is 14.9 Å². The van der Waals surface area contributed by atoms with Crippen LogP contribution in [0.4, 0.5) is 0 Å². The van der Waals surface area contributed by atoms with Gasteiger partial charge in [-0.25, -0.2) is 4.98 Å². The fraction of sp³-hybridized carbons (Fsp3) is 0.588. The average Bonchev–Trinajstić information content (AvgIpc) is 2.88. The van der Waals surface area contributed by atoms with Crippen molar-refractivity contribution in [3.05, 3.63) is 30.1 Å². The van der Waals surface area contributed by atoms with Crippen molar-refractivity contribution in [2.45, 2.75) is 51.5 Å². The molecule has 1 fully saturated rings. The Balaban J connectivity index is 2.15. The molecule has 3 heteroatoms. The molecule has 0 atom stereocenters. The molecule has 0 spiro atoms. The van der Waals surface area contributed by atoms with Gasteiger partial charge in [-0.1, -0.05) is 26.0 Å². The Bertz CT molecular complexity index is 579. The molecule has 20 heavy (non-hydrogen) atoms. The lowest BCUT2D eigenvalue weighted by Gasteiger charge is -2.36. The first-order valence-corrected chi connectivity index (χ1v) is 7.97. The minimum Gasteiger partial charge on any atom is -0.328 e. The molecule has 0 unspecified atom stereocenters. The zero-order chi connectivity index (χ0) is 14.0. The normalized spacial score (nSPS) is 18.5. The van der Waals surface area contributed by atoms with Gasteiger partial charge < -0.3 is 9.88 Å². The van der Waals surface area contributed by atoms with Gasteiger partial charge in [-0.15, -0.1) is 0 Å². The molecule has 1 N–H and O–H groups in total. The predicted molar refractivity (Wildman–Crippen MR) is 84.1 cm³/mol. The van der Waals surface area contributed by atoms with Gasteiger partial charge in [-0.05, 0) is 50.9 Å². The lowest BCUT2D eigenvalue weighted by Crippen LogP contribution is -2.41. The Morgan fingerprint density at radius 2 is 1.95 bits per heavy atom. The van der Waals surface area contributed by atoms with Crippen LogP contribution in [-0.2, 0) is 12.0 Å². The molecular formula is C17H25N3. The molecule has 1 aromatic heterocycles. The summed E-state index contributed by atoms with van der Waals surface area (Å²) >= 11 is 0. The van der Waals surface area contributed by atoms with E-state index in [1.807, 2.05) is 0 Å². The van der Waals surface area contributed by atoms with Crippen molar-refractivity contribution in [3.63, 3.8) is 0 Å². The van der Waals surface area contributed by atoms with Crippen molar-refractivity contribution in [1.29, 1.82) is 0 Å². The molecule has 2 heterocycles. The Morgan fingerprint density at radius 1 is 1.20 bits per heavy atom. The topological polar surface area (TPSA) is 29.9 Å². The highest BCUT2D eigenvalue weighted by molar-refractivity contribution is 5.76. The summed E-state index contributed by atoms with van der Waals surface area (Å²) in [5.41, 5.74) is 2.72. The fourth-order valence-electron chi connectivity index (χ4n) is 3.57. The van der Waals surface area contributed by atoms with Gasteiger partial charge >= 0.3 is 0 Å². The molecule has 108 valence electrons. The van der Waals surface area contributed by atoms with Gasteiger partial charge in [0.2, 0.25) is 0 Å². The van der Waals surface area contributed by atoms with E-state index in [2.05, 4.69) is 48.0 Å². The Kier molecular flexibility index (Phi) is 3.79. The number of fused-ring (bicyclic) bond motifs is 1. The zero-order valence-corrected chi connectivity index (χ0v) is 12.7. The van der Waals surface area contributed by atoms with Crippen LogP contribution in [0.2, 0.25) is 0 Å². The summed E-state index contributed by atoms with van der Waals surface area (Å²) in [6, 6.07) is 8.58. The van der Waals surface area contributed by atoms with Crippen molar-refractivity contribution in [3.8, 4) is 0 Å². The maximum absolute atomic E-state index is 5.03. The summed E-state index contributed by atoms with van der Waals surface area (Å²) in [6.45, 7) is 7.87. The first-order valence-electron chi connectivity index (χ1n) is 7.97. The van der Waals surface area contributed by atoms with Gasteiger partial charge in [0.15, 0.2) is 0 Å². The number of nitrogens with one attached hydrogen (secondary N) is 1. The largest absolute Gasteiger partial charge is 0.328 e. The van der Waals surface area contributed by atoms with Crippen LogP contribution in [0.25, 0.3) is 11.0 Å². The lowest BCUT2D eigenvalue weighted by molar-refractivity contribution is 0.274. The molecule has 0 aliphatic carbocycles. The summed E-state index contributed by atoms with van der Waals surface area (Å²) in [5.74, 6) is 1.32. The predicted octanol–water partition coefficient (Wildman–Crippen LogP) is 3.48. The molecule has 0 amide bonds. The maximum atomic E-state index is 5.03. The molecule has 0 saturated carbocycles. The van der Waals surface area contributed by atoms with E-state index in [0.29, 0.717) is 0 Å². The van der Waals surface area contributed by atoms with Gasteiger partial charge in [0, 0.05) is 12.0 Å². The van der Waals surface area contributed by atoms with Crippen molar-refractivity contribution >= 4 is 11.0 Å². The third kappa shape index (κ3) is 2.14. The van der Waals surface area contributed by atoms with Gasteiger partial charge in [0.1, 0.15) is 5.82 Å². The van der Waals surface area contributed by atoms with Gasteiger partial charge in [-0.2, -0.15) is 0 Å². The quantitative estimate of drug-likeness (QED) is 0.922. The monoisotopic (exact) mass is 271 g/mol. The zero-order valence-electron chi connectivity index (χ0n) is 12.7. The van der Waals surface area contributed by atoms with E-state index in [4.69, 9.17) is 4.98 Å². The fourth-order valence-corrected chi connectivity index (χ4v) is 3.57. The van der Waals surface area contributed by atoms with Gasteiger partial charge in [0.05, 0.1) is 11.0 Å². The number of rotatable bonds is 4. The SMILES string of the molecule is CCCn1c(C2(CC)CCNCC2)nc2ccccc21. The number of piperidine rings is 1. The highest BCUT2D eigenvalue weighted by Gasteiger charge is 2.36. The second kappa shape index (κ2) is 5.57. The van der Waals surface area contributed by atoms with Crippen LogP contribution in [0.3, 0.4) is 0 Å². The molecule has 1 aliphatic rings. The van der Waals surface area contributed by atoms with E-state index < -0.39 is 0 Å². The van der Waals surface area contributed by atoms with E-state index in [9.17, 15) is 0 Å². The molecule has 1 aromatic carbocycles. The number of imidazole rings is 1. The number of hydrogen-bond donors (Lipinski definition) is 1. The molecule has 1 aliphatic heterocycles. The molecule has 0 radical (unpaired) electrons. The second-order valence-electron chi connectivity index (χ2n) is 5.96. The number of benzene rings is 1. The lowest BCUT2D eigenvalue weighted by atomic mass is 9.76. The number of hydrogen-bond acceptors (Lipinski definition) is 2. The van der Waals surface area contributed by atoms with Gasteiger partial charge in [0.25, 0.3) is 0 Å². The first-order chi connectivity index (χ1) is 9.80. The summed E-state index contributed by atoms with van der Waals surface area (Å²) in [6.07, 6.45) is 4.75. The molecule has 2 aromatic rings. The van der Waals surface area contributed by atoms with E-state index in [1.165, 1.54) is 30.6 Å². The summed E-state index contributed by atoms with van der Waals surface area (Å²) < 4.78 is 2.48. The van der Waals surface area contributed by atoms with Gasteiger partial charge in [-0.3, -0.25) is 0 Å². The molecule has 3 nitrogen and oxygen atoms in total. The Hall–Kier alpha value is -1.35. The standard InChI is InChI=1S/C17H25N3/c1-3-13-20-15-8-6-5-7-14(15)19-16(20)17(4-2)9-11-18-12-10-17/h5-8,18H,3-4,9-13H2,1-2H3. The summed E-state index contributed by atoms with van der Waals surface area (Å²) in [5, 5.41) is 3.49. The van der Waals surface area contributed by atoms with Crippen LogP contribution in [0.5, 0.6) is 0 Å². The highest BCUT2D eigenvalue weighted by Crippen LogP contribution is 2.37. The third-order valence-corrected chi connectivity index (χ3v) is 4.81. The number of nitrogens with zero attached hydrogens (tertiary/aromatic N) is 2. The van der Waals surface area contributed by atoms with E-state index in [0.717, 1.165) is 31.6 Å². The number of aryl methyl sites for hydroxylation is 1. The van der Waals surface area contributed by atoms with Crippen LogP contribution in [0.15, 0.2) is 24.3 Å². The van der Waals surface area contributed by atoms with Crippen LogP contribution in [0, 0.1) is 0 Å². The summed E-state index contributed by atoms with van der Waals surface area (Å²) in [4.78, 5) is 5.03. The minimum atomic E-state index is 0.263. The molecule has 0 bridgehead atoms. The third-order valence-electron chi connectivity index (χ3n) is 4.81. The van der Waals surface area contributed by atoms with Crippen LogP contribution in [-0.4, -0.2) is 22.6 Å². The number of para-hydroxylation sites is 2. The van der Waals surface area contributed by atoms with Crippen LogP contribution >= 0.6 is 0 Å². The smallest absolute Gasteiger partial charge is 0.116 e. The minimum absolute atomic E-state index is 0.263. The van der Waals surface area contributed by atoms with E-state index in [1.54, 1.807) is 0 Å². The molecule has 1 saturated heterocycles.